The molecular formula is C16H31NO6. The van der Waals surface area contributed by atoms with Gasteiger partial charge in [-0.2, -0.15) is 0 Å². The Labute approximate surface area is 139 Å². The van der Waals surface area contributed by atoms with E-state index >= 15 is 0 Å². The van der Waals surface area contributed by atoms with E-state index in [1.165, 1.54) is 6.92 Å². The maximum absolute atomic E-state index is 11.9. The van der Waals surface area contributed by atoms with Gasteiger partial charge in [0.25, 0.3) is 0 Å². The fraction of sp³-hybridized carbons (Fsp3) is 0.938. The molecule has 1 fully saturated rings. The number of carbonyl (C=O) groups excluding carboxylic acids is 1. The van der Waals surface area contributed by atoms with Gasteiger partial charge in [-0.05, 0) is 13.3 Å². The molecule has 1 aliphatic heterocycles. The van der Waals surface area contributed by atoms with Crippen LogP contribution in [-0.2, 0) is 28.5 Å². The lowest BCUT2D eigenvalue weighted by atomic mass is 9.95. The Balaban J connectivity index is 3.12. The number of carbonyl (C=O) groups is 1. The van der Waals surface area contributed by atoms with E-state index in [1.54, 1.807) is 33.3 Å². The van der Waals surface area contributed by atoms with Crippen molar-refractivity contribution < 1.29 is 28.5 Å². The molecule has 0 saturated carbocycles. The summed E-state index contributed by atoms with van der Waals surface area (Å²) in [5.41, 5.74) is 0. The molecule has 0 aromatic carbocycles. The lowest BCUT2D eigenvalue weighted by Gasteiger charge is -2.48. The molecule has 0 unspecified atom stereocenters. The highest BCUT2D eigenvalue weighted by Crippen LogP contribution is 2.30. The van der Waals surface area contributed by atoms with Gasteiger partial charge in [0.15, 0.2) is 6.29 Å². The number of rotatable bonds is 8. The van der Waals surface area contributed by atoms with E-state index in [9.17, 15) is 4.79 Å². The number of hydrogen-bond acceptors (Lipinski definition) is 6. The molecular weight excluding hydrogens is 302 g/mol. The smallest absolute Gasteiger partial charge is 0.219 e. The molecule has 0 aliphatic carbocycles. The van der Waals surface area contributed by atoms with Gasteiger partial charge in [-0.25, -0.2) is 0 Å². The van der Waals surface area contributed by atoms with Crippen molar-refractivity contribution >= 4 is 5.91 Å². The summed E-state index contributed by atoms with van der Waals surface area (Å²) in [6.45, 7) is 5.88. The Bertz CT molecular complexity index is 366. The maximum Gasteiger partial charge on any atom is 0.219 e. The van der Waals surface area contributed by atoms with Crippen LogP contribution in [0.3, 0.4) is 0 Å². The molecule has 1 heterocycles. The first-order chi connectivity index (χ1) is 10.9. The van der Waals surface area contributed by atoms with Crippen molar-refractivity contribution in [3.05, 3.63) is 0 Å². The monoisotopic (exact) mass is 333 g/mol. The molecule has 1 rings (SSSR count). The third-order valence-electron chi connectivity index (χ3n) is 4.38. The average molecular weight is 333 g/mol. The second-order valence-corrected chi connectivity index (χ2v) is 5.87. The number of hydrogen-bond donors (Lipinski definition) is 0. The number of likely N-dealkylation sites (N-methyl/N-ethyl adjacent to an activating group) is 1. The summed E-state index contributed by atoms with van der Waals surface area (Å²) < 4.78 is 28.6. The average Bonchev–Trinajstić information content (AvgIpc) is 2.53. The molecule has 0 bridgehead atoms. The summed E-state index contributed by atoms with van der Waals surface area (Å²) in [4.78, 5) is 13.5. The van der Waals surface area contributed by atoms with Crippen molar-refractivity contribution in [2.75, 3.05) is 35.0 Å². The van der Waals surface area contributed by atoms with Crippen molar-refractivity contribution in [2.45, 2.75) is 63.9 Å². The summed E-state index contributed by atoms with van der Waals surface area (Å²) in [5, 5.41) is 0. The van der Waals surface area contributed by atoms with E-state index in [0.717, 1.165) is 6.42 Å². The minimum Gasteiger partial charge on any atom is -0.382 e. The summed E-state index contributed by atoms with van der Waals surface area (Å²) in [7, 11) is 6.53. The minimum absolute atomic E-state index is 0.00246. The van der Waals surface area contributed by atoms with Gasteiger partial charge in [0.2, 0.25) is 5.91 Å². The third kappa shape index (κ3) is 4.87. The highest BCUT2D eigenvalue weighted by molar-refractivity contribution is 5.73. The molecule has 0 N–H and O–H groups in total. The van der Waals surface area contributed by atoms with Crippen LogP contribution in [0.15, 0.2) is 0 Å². The Morgan fingerprint density at radius 3 is 2.26 bits per heavy atom. The van der Waals surface area contributed by atoms with Crippen LogP contribution in [-0.4, -0.2) is 82.5 Å². The molecule has 0 aromatic rings. The predicted molar refractivity (Wildman–Crippen MR) is 85.2 cm³/mol. The molecule has 1 amide bonds. The molecule has 0 radical (unpaired) electrons. The Morgan fingerprint density at radius 2 is 1.83 bits per heavy atom. The van der Waals surface area contributed by atoms with E-state index in [0.29, 0.717) is 6.61 Å². The molecule has 136 valence electrons. The second kappa shape index (κ2) is 9.54. The summed E-state index contributed by atoms with van der Waals surface area (Å²) in [5.74, 6) is -0.0848. The first kappa shape index (κ1) is 20.3. The first-order valence-electron chi connectivity index (χ1n) is 8.00. The lowest BCUT2D eigenvalue weighted by molar-refractivity contribution is -0.300. The molecule has 6 atom stereocenters. The third-order valence-corrected chi connectivity index (χ3v) is 4.38. The van der Waals surface area contributed by atoms with E-state index in [4.69, 9.17) is 23.7 Å². The topological polar surface area (TPSA) is 66.5 Å². The molecule has 7 heteroatoms. The van der Waals surface area contributed by atoms with E-state index < -0.39 is 12.3 Å². The van der Waals surface area contributed by atoms with Gasteiger partial charge in [-0.3, -0.25) is 4.79 Å². The number of methoxy groups -OCH3 is 3. The van der Waals surface area contributed by atoms with Crippen LogP contribution in [0.4, 0.5) is 0 Å². The van der Waals surface area contributed by atoms with E-state index in [1.807, 2.05) is 13.8 Å². The Morgan fingerprint density at radius 1 is 1.22 bits per heavy atom. The quantitative estimate of drug-likeness (QED) is 0.661. The van der Waals surface area contributed by atoms with Crippen LogP contribution in [0, 0.1) is 0 Å². The number of ether oxygens (including phenoxy) is 5. The predicted octanol–water partition coefficient (Wildman–Crippen LogP) is 1.05. The van der Waals surface area contributed by atoms with Crippen LogP contribution < -0.4 is 0 Å². The zero-order valence-electron chi connectivity index (χ0n) is 15.3. The van der Waals surface area contributed by atoms with Crippen molar-refractivity contribution in [3.63, 3.8) is 0 Å². The Kier molecular flexibility index (Phi) is 8.42. The molecule has 7 nitrogen and oxygen atoms in total. The Hall–Kier alpha value is -0.730. The summed E-state index contributed by atoms with van der Waals surface area (Å²) in [6, 6.07) is -0.399. The lowest BCUT2D eigenvalue weighted by Crippen LogP contribution is -2.66. The standard InChI is InChI=1S/C16H31NO6/c1-8-10(2)22-16-13(17(4)11(3)18)15(21-7)14(20-6)12(23-16)9-19-5/h10,12-16H,8-9H2,1-7H3/t10-,12-,13-,14-,15-,16-/m1/s1. The molecule has 23 heavy (non-hydrogen) atoms. The first-order valence-corrected chi connectivity index (χ1v) is 8.00. The highest BCUT2D eigenvalue weighted by atomic mass is 16.7. The normalized spacial score (nSPS) is 32.6. The van der Waals surface area contributed by atoms with Gasteiger partial charge in [0, 0.05) is 35.3 Å². The van der Waals surface area contributed by atoms with Gasteiger partial charge in [-0.1, -0.05) is 6.92 Å². The van der Waals surface area contributed by atoms with Gasteiger partial charge < -0.3 is 28.6 Å². The van der Waals surface area contributed by atoms with Gasteiger partial charge in [0.05, 0.1) is 12.7 Å². The fourth-order valence-corrected chi connectivity index (χ4v) is 2.80. The maximum atomic E-state index is 11.9. The summed E-state index contributed by atoms with van der Waals surface area (Å²) in [6.07, 6.45) is -0.824. The van der Waals surface area contributed by atoms with Crippen LogP contribution in [0.25, 0.3) is 0 Å². The highest BCUT2D eigenvalue weighted by Gasteiger charge is 2.49. The SMILES string of the molecule is CC[C@@H](C)O[C@@H]1O[C@H](COC)[C@@H](OC)[C@H](OC)[C@H]1N(C)C(C)=O. The number of nitrogens with zero attached hydrogens (tertiary/aromatic N) is 1. The summed E-state index contributed by atoms with van der Waals surface area (Å²) >= 11 is 0. The van der Waals surface area contributed by atoms with Crippen molar-refractivity contribution in [1.82, 2.24) is 4.90 Å². The molecule has 1 saturated heterocycles. The van der Waals surface area contributed by atoms with Crippen molar-refractivity contribution in [3.8, 4) is 0 Å². The van der Waals surface area contributed by atoms with Crippen LogP contribution in [0.5, 0.6) is 0 Å². The molecule has 0 spiro atoms. The molecule has 1 aliphatic rings. The fourth-order valence-electron chi connectivity index (χ4n) is 2.80. The zero-order valence-corrected chi connectivity index (χ0v) is 15.3. The van der Waals surface area contributed by atoms with Crippen LogP contribution in [0.2, 0.25) is 0 Å². The van der Waals surface area contributed by atoms with Crippen molar-refractivity contribution in [2.24, 2.45) is 0 Å². The minimum atomic E-state index is -0.602. The van der Waals surface area contributed by atoms with Gasteiger partial charge in [-0.15, -0.1) is 0 Å². The van der Waals surface area contributed by atoms with Crippen molar-refractivity contribution in [1.29, 1.82) is 0 Å². The van der Waals surface area contributed by atoms with Crippen LogP contribution >= 0.6 is 0 Å². The van der Waals surface area contributed by atoms with E-state index in [-0.39, 0.29) is 30.3 Å². The second-order valence-electron chi connectivity index (χ2n) is 5.87. The van der Waals surface area contributed by atoms with Gasteiger partial charge >= 0.3 is 0 Å². The zero-order chi connectivity index (χ0) is 17.6. The van der Waals surface area contributed by atoms with E-state index in [2.05, 4.69) is 0 Å². The largest absolute Gasteiger partial charge is 0.382 e. The number of amides is 1. The van der Waals surface area contributed by atoms with Gasteiger partial charge in [0.1, 0.15) is 24.4 Å². The molecule has 0 aromatic heterocycles. The van der Waals surface area contributed by atoms with Crippen LogP contribution in [0.1, 0.15) is 27.2 Å².